The normalized spacial score (nSPS) is 17.9. The number of hydrogen-bond acceptors (Lipinski definition) is 6. The number of anilines is 2. The van der Waals surface area contributed by atoms with Gasteiger partial charge in [-0.1, -0.05) is 36.4 Å². The molecule has 2 aromatic carbocycles. The smallest absolute Gasteiger partial charge is 0.290 e. The molecule has 46 heavy (non-hydrogen) atoms. The molecule has 0 bridgehead atoms. The first-order valence-corrected chi connectivity index (χ1v) is 15.3. The van der Waals surface area contributed by atoms with Gasteiger partial charge in [0.15, 0.2) is 11.6 Å². The standard InChI is InChI=1S/C34H36N8O4/c1-39-21-17-35-29(39)33(45)41-19-3-5-27(41)31(43)37-25-13-9-23(10-14-25)7-8-24-11-15-26(16-12-24)38-32(44)28-6-4-20-42(28)34(46)30-36-18-22-40(30)2/h7-18,21-22,27-28H,3-6,19-20H2,1-2H3,(H,37,43)(H,38,44)/t27-,28-/m0/s1. The maximum Gasteiger partial charge on any atom is 0.290 e. The average Bonchev–Trinajstić information content (AvgIpc) is 3.88. The Morgan fingerprint density at radius 1 is 0.652 bits per heavy atom. The van der Waals surface area contributed by atoms with E-state index in [-0.39, 0.29) is 23.6 Å². The number of aryl methyl sites for hydroxylation is 2. The Bertz CT molecular complexity index is 1640. The molecule has 236 valence electrons. The molecule has 0 radical (unpaired) electrons. The zero-order valence-corrected chi connectivity index (χ0v) is 25.8. The second kappa shape index (κ2) is 13.2. The fourth-order valence-electron chi connectivity index (χ4n) is 5.96. The Hall–Kier alpha value is -5.52. The largest absolute Gasteiger partial charge is 0.330 e. The van der Waals surface area contributed by atoms with Gasteiger partial charge in [-0.2, -0.15) is 0 Å². The van der Waals surface area contributed by atoms with E-state index in [2.05, 4.69) is 20.6 Å². The highest BCUT2D eigenvalue weighted by Gasteiger charge is 2.37. The third kappa shape index (κ3) is 6.46. The number of likely N-dealkylation sites (tertiary alicyclic amines) is 2. The third-order valence-corrected chi connectivity index (χ3v) is 8.48. The van der Waals surface area contributed by atoms with E-state index >= 15 is 0 Å². The van der Waals surface area contributed by atoms with Gasteiger partial charge < -0.3 is 29.6 Å². The van der Waals surface area contributed by atoms with Crippen LogP contribution in [0.5, 0.6) is 0 Å². The fourth-order valence-corrected chi connectivity index (χ4v) is 5.96. The summed E-state index contributed by atoms with van der Waals surface area (Å²) in [5.41, 5.74) is 3.20. The summed E-state index contributed by atoms with van der Waals surface area (Å²) in [4.78, 5) is 63.5. The predicted octanol–water partition coefficient (Wildman–Crippen LogP) is 3.81. The summed E-state index contributed by atoms with van der Waals surface area (Å²) in [7, 11) is 3.52. The van der Waals surface area contributed by atoms with Crippen molar-refractivity contribution in [1.29, 1.82) is 0 Å². The third-order valence-electron chi connectivity index (χ3n) is 8.48. The number of nitrogens with zero attached hydrogens (tertiary/aromatic N) is 6. The van der Waals surface area contributed by atoms with Gasteiger partial charge in [-0.25, -0.2) is 9.97 Å². The van der Waals surface area contributed by atoms with Crippen molar-refractivity contribution in [2.45, 2.75) is 37.8 Å². The molecule has 2 aliphatic rings. The number of amides is 4. The van der Waals surface area contributed by atoms with Gasteiger partial charge in [0.25, 0.3) is 11.8 Å². The molecular weight excluding hydrogens is 584 g/mol. The first-order valence-electron chi connectivity index (χ1n) is 15.3. The molecule has 2 N–H and O–H groups in total. The minimum absolute atomic E-state index is 0.212. The van der Waals surface area contributed by atoms with Gasteiger partial charge in [-0.15, -0.1) is 0 Å². The van der Waals surface area contributed by atoms with E-state index in [4.69, 9.17) is 0 Å². The van der Waals surface area contributed by atoms with Gasteiger partial charge in [-0.05, 0) is 61.1 Å². The van der Waals surface area contributed by atoms with Crippen LogP contribution in [0, 0.1) is 0 Å². The maximum absolute atomic E-state index is 13.1. The van der Waals surface area contributed by atoms with Gasteiger partial charge >= 0.3 is 0 Å². The minimum atomic E-state index is -0.539. The molecular formula is C34H36N8O4. The lowest BCUT2D eigenvalue weighted by molar-refractivity contribution is -0.120. The molecule has 12 nitrogen and oxygen atoms in total. The van der Waals surface area contributed by atoms with Crippen LogP contribution in [0.3, 0.4) is 0 Å². The van der Waals surface area contributed by atoms with E-state index < -0.39 is 12.1 Å². The van der Waals surface area contributed by atoms with Crippen molar-refractivity contribution >= 4 is 47.2 Å². The summed E-state index contributed by atoms with van der Waals surface area (Å²) in [6.45, 7) is 1.04. The lowest BCUT2D eigenvalue weighted by Gasteiger charge is -2.23. The lowest BCUT2D eigenvalue weighted by Crippen LogP contribution is -2.43. The second-order valence-electron chi connectivity index (χ2n) is 11.6. The number of carbonyl (C=O) groups is 4. The number of imidazole rings is 2. The summed E-state index contributed by atoms with van der Waals surface area (Å²) in [5.74, 6) is -0.266. The van der Waals surface area contributed by atoms with Gasteiger partial charge in [0.2, 0.25) is 11.8 Å². The minimum Gasteiger partial charge on any atom is -0.330 e. The van der Waals surface area contributed by atoms with E-state index in [1.807, 2.05) is 60.7 Å². The SMILES string of the molecule is Cn1ccnc1C(=O)N1CCC[C@H]1C(=O)Nc1ccc(C=Cc2ccc(NC(=O)[C@@H]3CCCN3C(=O)c3nccn3C)cc2)cc1. The molecule has 2 atom stereocenters. The number of benzene rings is 2. The molecule has 12 heteroatoms. The summed E-state index contributed by atoms with van der Waals surface area (Å²) in [5, 5.41) is 5.89. The summed E-state index contributed by atoms with van der Waals surface area (Å²) in [6.07, 6.45) is 13.2. The van der Waals surface area contributed by atoms with Crippen LogP contribution < -0.4 is 10.6 Å². The Balaban J connectivity index is 1.01. The Morgan fingerprint density at radius 3 is 1.39 bits per heavy atom. The topological polar surface area (TPSA) is 134 Å². The van der Waals surface area contributed by atoms with E-state index in [1.54, 1.807) is 57.8 Å². The molecule has 4 amide bonds. The van der Waals surface area contributed by atoms with Crippen molar-refractivity contribution in [2.75, 3.05) is 23.7 Å². The van der Waals surface area contributed by atoms with Crippen molar-refractivity contribution in [2.24, 2.45) is 14.1 Å². The molecule has 0 unspecified atom stereocenters. The van der Waals surface area contributed by atoms with Crippen molar-refractivity contribution < 1.29 is 19.2 Å². The Labute approximate surface area is 266 Å². The highest BCUT2D eigenvalue weighted by Crippen LogP contribution is 2.24. The molecule has 4 heterocycles. The molecule has 6 rings (SSSR count). The second-order valence-corrected chi connectivity index (χ2v) is 11.6. The number of rotatable bonds is 8. The van der Waals surface area contributed by atoms with Gasteiger partial charge in [-0.3, -0.25) is 19.2 Å². The highest BCUT2D eigenvalue weighted by atomic mass is 16.2. The zero-order chi connectivity index (χ0) is 32.2. The van der Waals surface area contributed by atoms with Crippen LogP contribution >= 0.6 is 0 Å². The summed E-state index contributed by atoms with van der Waals surface area (Å²) < 4.78 is 3.32. The van der Waals surface area contributed by atoms with Gasteiger partial charge in [0.1, 0.15) is 12.1 Å². The maximum atomic E-state index is 13.1. The van der Waals surface area contributed by atoms with Crippen LogP contribution in [0.25, 0.3) is 12.2 Å². The van der Waals surface area contributed by atoms with Crippen LogP contribution in [-0.4, -0.2) is 77.7 Å². The van der Waals surface area contributed by atoms with Crippen molar-refractivity contribution in [3.63, 3.8) is 0 Å². The first kappa shape index (κ1) is 30.5. The first-order chi connectivity index (χ1) is 22.3. The summed E-state index contributed by atoms with van der Waals surface area (Å²) >= 11 is 0. The van der Waals surface area contributed by atoms with E-state index in [0.29, 0.717) is 49.0 Å². The highest BCUT2D eigenvalue weighted by molar-refractivity contribution is 6.01. The lowest BCUT2D eigenvalue weighted by atomic mass is 10.1. The molecule has 2 fully saturated rings. The van der Waals surface area contributed by atoms with Crippen LogP contribution in [0.4, 0.5) is 11.4 Å². The van der Waals surface area contributed by atoms with E-state index in [1.165, 1.54) is 0 Å². The average molecular weight is 621 g/mol. The summed E-state index contributed by atoms with van der Waals surface area (Å²) in [6, 6.07) is 13.9. The quantitative estimate of drug-likeness (QED) is 0.288. The van der Waals surface area contributed by atoms with Crippen LogP contribution in [0.15, 0.2) is 73.3 Å². The van der Waals surface area contributed by atoms with E-state index in [9.17, 15) is 19.2 Å². The molecule has 2 aromatic heterocycles. The van der Waals surface area contributed by atoms with Crippen LogP contribution in [0.2, 0.25) is 0 Å². The number of hydrogen-bond donors (Lipinski definition) is 2. The van der Waals surface area contributed by atoms with Crippen molar-refractivity contribution in [3.8, 4) is 0 Å². The predicted molar refractivity (Wildman–Crippen MR) is 174 cm³/mol. The number of nitrogens with one attached hydrogen (secondary N) is 2. The molecule has 0 spiro atoms. The molecule has 2 aliphatic heterocycles. The van der Waals surface area contributed by atoms with Crippen molar-refractivity contribution in [3.05, 3.63) is 96.1 Å². The molecule has 2 saturated heterocycles. The molecule has 0 saturated carbocycles. The van der Waals surface area contributed by atoms with Gasteiger partial charge in [0, 0.05) is 63.3 Å². The molecule has 0 aliphatic carbocycles. The van der Waals surface area contributed by atoms with Gasteiger partial charge in [0.05, 0.1) is 0 Å². The number of carbonyl (C=O) groups excluding carboxylic acids is 4. The molecule has 4 aromatic rings. The van der Waals surface area contributed by atoms with E-state index in [0.717, 1.165) is 24.0 Å². The van der Waals surface area contributed by atoms with Crippen LogP contribution in [0.1, 0.15) is 58.0 Å². The fraction of sp³-hybridized carbons (Fsp3) is 0.294. The monoisotopic (exact) mass is 620 g/mol. The van der Waals surface area contributed by atoms with Crippen molar-refractivity contribution in [1.82, 2.24) is 28.9 Å². The Kier molecular flexibility index (Phi) is 8.77. The Morgan fingerprint density at radius 2 is 1.04 bits per heavy atom. The van der Waals surface area contributed by atoms with Crippen LogP contribution in [-0.2, 0) is 23.7 Å². The zero-order valence-electron chi connectivity index (χ0n) is 25.8. The number of aromatic nitrogens is 4.